The number of ketones is 1. The van der Waals surface area contributed by atoms with Gasteiger partial charge in [0.1, 0.15) is 0 Å². The van der Waals surface area contributed by atoms with Crippen molar-refractivity contribution < 1.29 is 4.79 Å². The summed E-state index contributed by atoms with van der Waals surface area (Å²) in [5.41, 5.74) is 3.32. The molecule has 0 atom stereocenters. The van der Waals surface area contributed by atoms with E-state index in [4.69, 9.17) is 0 Å². The number of rotatable bonds is 2. The third-order valence-corrected chi connectivity index (χ3v) is 6.39. The fourth-order valence-corrected chi connectivity index (χ4v) is 4.46. The third-order valence-electron chi connectivity index (χ3n) is 3.02. The van der Waals surface area contributed by atoms with E-state index in [1.165, 1.54) is 0 Å². The summed E-state index contributed by atoms with van der Waals surface area (Å²) in [6.07, 6.45) is 0. The smallest absolute Gasteiger partial charge is 0.197 e. The second-order valence-electron chi connectivity index (χ2n) is 4.44. The van der Waals surface area contributed by atoms with Crippen molar-refractivity contribution in [3.05, 3.63) is 64.4 Å². The zero-order chi connectivity index (χ0) is 15.0. The molecule has 2 rings (SSSR count). The number of aryl methyl sites for hydroxylation is 2. The zero-order valence-corrected chi connectivity index (χ0v) is 17.1. The molecule has 2 aromatic rings. The predicted octanol–water partition coefficient (Wildman–Crippen LogP) is 6.58. The zero-order valence-electron chi connectivity index (χ0n) is 10.7. The van der Waals surface area contributed by atoms with Crippen molar-refractivity contribution in [3.8, 4) is 0 Å². The molecule has 5 heteroatoms. The molecule has 1 nitrogen and oxygen atoms in total. The minimum absolute atomic E-state index is 0.0325. The van der Waals surface area contributed by atoms with Crippen LogP contribution in [0.15, 0.2) is 42.2 Å². The van der Waals surface area contributed by atoms with E-state index < -0.39 is 0 Å². The Hall–Kier alpha value is 0.0300. The summed E-state index contributed by atoms with van der Waals surface area (Å²) in [6.45, 7) is 3.93. The van der Waals surface area contributed by atoms with E-state index in [1.807, 2.05) is 38.1 Å². The van der Waals surface area contributed by atoms with Crippen molar-refractivity contribution in [3.63, 3.8) is 0 Å². The van der Waals surface area contributed by atoms with Gasteiger partial charge >= 0.3 is 0 Å². The molecule has 0 saturated carbocycles. The molecule has 0 radical (unpaired) electrons. The van der Waals surface area contributed by atoms with E-state index in [2.05, 4.69) is 63.7 Å². The van der Waals surface area contributed by atoms with Gasteiger partial charge in [-0.15, -0.1) is 0 Å². The molecule has 104 valence electrons. The molecule has 0 aliphatic carbocycles. The highest BCUT2D eigenvalue weighted by molar-refractivity contribution is 9.11. The monoisotopic (exact) mass is 522 g/mol. The van der Waals surface area contributed by atoms with Crippen LogP contribution in [0.1, 0.15) is 27.0 Å². The number of hydrogen-bond acceptors (Lipinski definition) is 1. The van der Waals surface area contributed by atoms with Crippen LogP contribution >= 0.6 is 63.7 Å². The Bertz CT molecular complexity index is 648. The minimum Gasteiger partial charge on any atom is -0.288 e. The van der Waals surface area contributed by atoms with Crippen LogP contribution in [0.5, 0.6) is 0 Å². The van der Waals surface area contributed by atoms with Crippen LogP contribution in [-0.2, 0) is 0 Å². The molecule has 0 bridgehead atoms. The summed E-state index contributed by atoms with van der Waals surface area (Å²) in [4.78, 5) is 12.9. The summed E-state index contributed by atoms with van der Waals surface area (Å²) in [5.74, 6) is -0.0325. The fourth-order valence-electron chi connectivity index (χ4n) is 1.85. The Balaban J connectivity index is 2.71. The maximum Gasteiger partial charge on any atom is 0.197 e. The molecule has 0 unspecified atom stereocenters. The lowest BCUT2D eigenvalue weighted by Gasteiger charge is -2.13. The molecular formula is C15H10Br4O. The molecule has 0 aliphatic heterocycles. The molecule has 0 N–H and O–H groups in total. The van der Waals surface area contributed by atoms with Gasteiger partial charge in [-0.1, -0.05) is 12.1 Å². The van der Waals surface area contributed by atoms with Crippen LogP contribution in [0.4, 0.5) is 0 Å². The molecule has 2 aromatic carbocycles. The number of halogens is 4. The Morgan fingerprint density at radius 1 is 0.750 bits per heavy atom. The first-order valence-electron chi connectivity index (χ1n) is 5.78. The number of carbonyl (C=O) groups excluding carboxylic acids is 1. The predicted molar refractivity (Wildman–Crippen MR) is 96.6 cm³/mol. The molecule has 0 saturated heterocycles. The molecular weight excluding hydrogens is 516 g/mol. The summed E-state index contributed by atoms with van der Waals surface area (Å²) in [5, 5.41) is 0. The van der Waals surface area contributed by atoms with Gasteiger partial charge in [0.05, 0.1) is 11.1 Å². The van der Waals surface area contributed by atoms with Crippen molar-refractivity contribution in [2.45, 2.75) is 13.8 Å². The summed E-state index contributed by atoms with van der Waals surface area (Å²) >= 11 is 14.0. The largest absolute Gasteiger partial charge is 0.288 e. The van der Waals surface area contributed by atoms with E-state index in [1.54, 1.807) is 0 Å². The van der Waals surface area contributed by atoms with E-state index in [9.17, 15) is 4.79 Å². The Labute approximate surface area is 151 Å². The molecule has 20 heavy (non-hydrogen) atoms. The first-order chi connectivity index (χ1) is 9.34. The Morgan fingerprint density at radius 2 is 1.10 bits per heavy atom. The van der Waals surface area contributed by atoms with Crippen molar-refractivity contribution in [1.29, 1.82) is 0 Å². The maximum absolute atomic E-state index is 12.9. The van der Waals surface area contributed by atoms with Gasteiger partial charge in [0.15, 0.2) is 5.78 Å². The second-order valence-corrected chi connectivity index (χ2v) is 7.73. The molecule has 0 spiro atoms. The number of carbonyl (C=O) groups is 1. The van der Waals surface area contributed by atoms with Gasteiger partial charge < -0.3 is 0 Å². The number of hydrogen-bond donors (Lipinski definition) is 0. The minimum atomic E-state index is -0.0325. The number of benzene rings is 2. The SMILES string of the molecule is Cc1ccc(Br)c(C(=O)c2c(Br)ccc(C)c2Br)c1Br. The topological polar surface area (TPSA) is 17.1 Å². The first kappa shape index (κ1) is 16.4. The highest BCUT2D eigenvalue weighted by atomic mass is 79.9. The second kappa shape index (κ2) is 6.42. The summed E-state index contributed by atoms with van der Waals surface area (Å²) in [6, 6.07) is 7.71. The third kappa shape index (κ3) is 2.96. The first-order valence-corrected chi connectivity index (χ1v) is 8.95. The van der Waals surface area contributed by atoms with E-state index in [0.29, 0.717) is 11.1 Å². The van der Waals surface area contributed by atoms with Crippen LogP contribution in [0.25, 0.3) is 0 Å². The lowest BCUT2D eigenvalue weighted by Crippen LogP contribution is -2.07. The Morgan fingerprint density at radius 3 is 1.45 bits per heavy atom. The molecule has 0 heterocycles. The van der Waals surface area contributed by atoms with Gasteiger partial charge in [0.25, 0.3) is 0 Å². The lowest BCUT2D eigenvalue weighted by atomic mass is 10.0. The fraction of sp³-hybridized carbons (Fsp3) is 0.133. The summed E-state index contributed by atoms with van der Waals surface area (Å²) in [7, 11) is 0. The lowest BCUT2D eigenvalue weighted by molar-refractivity contribution is 0.103. The quantitative estimate of drug-likeness (QED) is 0.405. The van der Waals surface area contributed by atoms with Crippen LogP contribution in [0.2, 0.25) is 0 Å². The average molecular weight is 526 g/mol. The van der Waals surface area contributed by atoms with Crippen LogP contribution in [0.3, 0.4) is 0 Å². The van der Waals surface area contributed by atoms with E-state index in [-0.39, 0.29) is 5.78 Å². The maximum atomic E-state index is 12.9. The van der Waals surface area contributed by atoms with Crippen LogP contribution < -0.4 is 0 Å². The molecule has 0 aromatic heterocycles. The van der Waals surface area contributed by atoms with Gasteiger partial charge in [0.2, 0.25) is 0 Å². The molecule has 0 amide bonds. The van der Waals surface area contributed by atoms with Gasteiger partial charge in [-0.05, 0) is 101 Å². The highest BCUT2D eigenvalue weighted by Gasteiger charge is 2.22. The van der Waals surface area contributed by atoms with Gasteiger partial charge in [-0.2, -0.15) is 0 Å². The van der Waals surface area contributed by atoms with E-state index in [0.717, 1.165) is 29.0 Å². The van der Waals surface area contributed by atoms with Crippen molar-refractivity contribution in [2.75, 3.05) is 0 Å². The van der Waals surface area contributed by atoms with Gasteiger partial charge in [-0.3, -0.25) is 4.79 Å². The summed E-state index contributed by atoms with van der Waals surface area (Å²) < 4.78 is 3.19. The average Bonchev–Trinajstić information content (AvgIpc) is 2.39. The van der Waals surface area contributed by atoms with Gasteiger partial charge in [0, 0.05) is 17.9 Å². The van der Waals surface area contributed by atoms with Crippen molar-refractivity contribution in [1.82, 2.24) is 0 Å². The van der Waals surface area contributed by atoms with Crippen LogP contribution in [-0.4, -0.2) is 5.78 Å². The Kier molecular flexibility index (Phi) is 5.27. The normalized spacial score (nSPS) is 10.7. The molecule has 0 fully saturated rings. The van der Waals surface area contributed by atoms with Crippen molar-refractivity contribution in [2.24, 2.45) is 0 Å². The van der Waals surface area contributed by atoms with Crippen molar-refractivity contribution >= 4 is 69.5 Å². The van der Waals surface area contributed by atoms with E-state index >= 15 is 0 Å². The van der Waals surface area contributed by atoms with Gasteiger partial charge in [-0.25, -0.2) is 0 Å². The molecule has 0 aliphatic rings. The highest BCUT2D eigenvalue weighted by Crippen LogP contribution is 2.35. The van der Waals surface area contributed by atoms with Crippen LogP contribution in [0, 0.1) is 13.8 Å². The standard InChI is InChI=1S/C15H10Br4O/c1-7-3-5-9(16)11(13(7)18)15(20)12-10(17)6-4-8(2)14(12)19/h3-6H,1-2H3.